The zero-order valence-corrected chi connectivity index (χ0v) is 9.37. The van der Waals surface area contributed by atoms with Crippen molar-refractivity contribution in [2.24, 2.45) is 0 Å². The van der Waals surface area contributed by atoms with E-state index in [0.717, 1.165) is 5.69 Å². The highest BCUT2D eigenvalue weighted by Gasteiger charge is 2.27. The van der Waals surface area contributed by atoms with Gasteiger partial charge in [0.15, 0.2) is 0 Å². The Balaban J connectivity index is 2.30. The Labute approximate surface area is 97.2 Å². The number of aliphatic hydroxyl groups excluding tert-OH is 1. The lowest BCUT2D eigenvalue weighted by atomic mass is 10.1. The third kappa shape index (κ3) is 5.65. The molecule has 0 aliphatic rings. The van der Waals surface area contributed by atoms with Gasteiger partial charge in [-0.25, -0.2) is 0 Å². The molecular formula is C11H14F3NO2. The predicted octanol–water partition coefficient (Wildman–Crippen LogP) is 2.39. The van der Waals surface area contributed by atoms with Crippen LogP contribution < -0.4 is 0 Å². The van der Waals surface area contributed by atoms with Gasteiger partial charge in [-0.1, -0.05) is 6.07 Å². The van der Waals surface area contributed by atoms with E-state index in [1.54, 1.807) is 12.1 Å². The van der Waals surface area contributed by atoms with Crippen molar-refractivity contribution in [3.05, 3.63) is 29.6 Å². The predicted molar refractivity (Wildman–Crippen MR) is 55.4 cm³/mol. The minimum Gasteiger partial charge on any atom is -0.388 e. The van der Waals surface area contributed by atoms with Crippen LogP contribution in [0.3, 0.4) is 0 Å². The fourth-order valence-electron chi connectivity index (χ4n) is 1.23. The van der Waals surface area contributed by atoms with Gasteiger partial charge in [-0.15, -0.1) is 0 Å². The van der Waals surface area contributed by atoms with Crippen molar-refractivity contribution in [1.29, 1.82) is 0 Å². The van der Waals surface area contributed by atoms with Gasteiger partial charge < -0.3 is 9.84 Å². The number of nitrogens with zero attached hydrogens (tertiary/aromatic N) is 1. The van der Waals surface area contributed by atoms with Gasteiger partial charge in [0.25, 0.3) is 0 Å². The van der Waals surface area contributed by atoms with Gasteiger partial charge in [0.1, 0.15) is 6.61 Å². The molecule has 0 saturated heterocycles. The summed E-state index contributed by atoms with van der Waals surface area (Å²) in [5, 5.41) is 9.64. The number of rotatable bonds is 5. The van der Waals surface area contributed by atoms with Crippen LogP contribution in [0.25, 0.3) is 0 Å². The van der Waals surface area contributed by atoms with Crippen LogP contribution in [-0.4, -0.2) is 29.5 Å². The first kappa shape index (κ1) is 13.9. The number of alkyl halides is 3. The maximum atomic E-state index is 11.7. The lowest BCUT2D eigenvalue weighted by Crippen LogP contribution is -2.18. The Hall–Kier alpha value is -1.14. The summed E-state index contributed by atoms with van der Waals surface area (Å²) < 4.78 is 39.7. The minimum atomic E-state index is -4.32. The molecule has 1 rings (SSSR count). The van der Waals surface area contributed by atoms with E-state index in [-0.39, 0.29) is 13.0 Å². The molecule has 1 unspecified atom stereocenters. The molecule has 0 saturated carbocycles. The van der Waals surface area contributed by atoms with E-state index in [1.807, 2.05) is 6.92 Å². The van der Waals surface area contributed by atoms with Crippen LogP contribution in [0.1, 0.15) is 23.8 Å². The SMILES string of the molecule is Cc1ccc(C(O)CCOCC(F)(F)F)cn1. The van der Waals surface area contributed by atoms with E-state index < -0.39 is 18.9 Å². The van der Waals surface area contributed by atoms with E-state index >= 15 is 0 Å². The van der Waals surface area contributed by atoms with E-state index in [0.29, 0.717) is 5.56 Å². The number of aryl methyl sites for hydroxylation is 1. The summed E-state index contributed by atoms with van der Waals surface area (Å²) in [6, 6.07) is 3.42. The number of halogens is 3. The van der Waals surface area contributed by atoms with Crippen LogP contribution in [0.4, 0.5) is 13.2 Å². The first-order valence-corrected chi connectivity index (χ1v) is 5.13. The van der Waals surface area contributed by atoms with E-state index in [9.17, 15) is 18.3 Å². The Morgan fingerprint density at radius 3 is 2.65 bits per heavy atom. The van der Waals surface area contributed by atoms with Crippen molar-refractivity contribution in [2.75, 3.05) is 13.2 Å². The normalized spacial score (nSPS) is 13.7. The molecule has 0 aromatic carbocycles. The van der Waals surface area contributed by atoms with Gasteiger partial charge in [-0.3, -0.25) is 4.98 Å². The maximum Gasteiger partial charge on any atom is 0.411 e. The molecule has 1 aromatic heterocycles. The summed E-state index contributed by atoms with van der Waals surface area (Å²) in [7, 11) is 0. The fourth-order valence-corrected chi connectivity index (χ4v) is 1.23. The molecule has 6 heteroatoms. The van der Waals surface area contributed by atoms with Gasteiger partial charge in [0.2, 0.25) is 0 Å². The molecule has 0 fully saturated rings. The minimum absolute atomic E-state index is 0.112. The average Bonchev–Trinajstić information content (AvgIpc) is 2.24. The number of ether oxygens (including phenoxy) is 1. The Bertz CT molecular complexity index is 338. The number of pyridine rings is 1. The monoisotopic (exact) mass is 249 g/mol. The smallest absolute Gasteiger partial charge is 0.388 e. The lowest BCUT2D eigenvalue weighted by Gasteiger charge is -2.12. The molecule has 0 bridgehead atoms. The highest BCUT2D eigenvalue weighted by atomic mass is 19.4. The lowest BCUT2D eigenvalue weighted by molar-refractivity contribution is -0.175. The van der Waals surface area contributed by atoms with Crippen LogP contribution >= 0.6 is 0 Å². The standard InChI is InChI=1S/C11H14F3NO2/c1-8-2-3-9(6-15-8)10(16)4-5-17-7-11(12,13)14/h2-3,6,10,16H,4-5,7H2,1H3. The quantitative estimate of drug-likeness (QED) is 0.815. The van der Waals surface area contributed by atoms with Crippen molar-refractivity contribution in [1.82, 2.24) is 4.98 Å². The summed E-state index contributed by atoms with van der Waals surface area (Å²) in [6.07, 6.45) is -3.56. The largest absolute Gasteiger partial charge is 0.411 e. The molecule has 0 aliphatic carbocycles. The third-order valence-electron chi connectivity index (χ3n) is 2.12. The van der Waals surface area contributed by atoms with E-state index in [1.165, 1.54) is 6.20 Å². The highest BCUT2D eigenvalue weighted by Crippen LogP contribution is 2.18. The second kappa shape index (κ2) is 5.97. The molecule has 0 radical (unpaired) electrons. The first-order chi connectivity index (χ1) is 7.88. The molecule has 96 valence electrons. The molecule has 0 aliphatic heterocycles. The molecule has 1 heterocycles. The molecular weight excluding hydrogens is 235 g/mol. The van der Waals surface area contributed by atoms with Crippen LogP contribution in [0.15, 0.2) is 18.3 Å². The number of hydrogen-bond acceptors (Lipinski definition) is 3. The van der Waals surface area contributed by atoms with E-state index in [2.05, 4.69) is 9.72 Å². The van der Waals surface area contributed by atoms with Gasteiger partial charge >= 0.3 is 6.18 Å². The molecule has 3 nitrogen and oxygen atoms in total. The molecule has 0 spiro atoms. The van der Waals surface area contributed by atoms with Gasteiger partial charge in [0.05, 0.1) is 6.10 Å². The van der Waals surface area contributed by atoms with Crippen molar-refractivity contribution in [3.63, 3.8) is 0 Å². The zero-order chi connectivity index (χ0) is 12.9. The molecule has 1 aromatic rings. The Morgan fingerprint density at radius 2 is 2.12 bits per heavy atom. The fraction of sp³-hybridized carbons (Fsp3) is 0.545. The zero-order valence-electron chi connectivity index (χ0n) is 9.37. The van der Waals surface area contributed by atoms with Crippen LogP contribution in [-0.2, 0) is 4.74 Å². The Kier molecular flexibility index (Phi) is 4.89. The first-order valence-electron chi connectivity index (χ1n) is 5.13. The summed E-state index contributed by atoms with van der Waals surface area (Å²) in [5.41, 5.74) is 1.39. The molecule has 17 heavy (non-hydrogen) atoms. The second-order valence-corrected chi connectivity index (χ2v) is 3.71. The van der Waals surface area contributed by atoms with E-state index in [4.69, 9.17) is 0 Å². The van der Waals surface area contributed by atoms with Gasteiger partial charge in [-0.2, -0.15) is 13.2 Å². The van der Waals surface area contributed by atoms with Crippen LogP contribution in [0, 0.1) is 6.92 Å². The van der Waals surface area contributed by atoms with Crippen molar-refractivity contribution in [3.8, 4) is 0 Å². The molecule has 1 atom stereocenters. The second-order valence-electron chi connectivity index (χ2n) is 3.71. The van der Waals surface area contributed by atoms with Gasteiger partial charge in [-0.05, 0) is 18.6 Å². The topological polar surface area (TPSA) is 42.4 Å². The van der Waals surface area contributed by atoms with Crippen LogP contribution in [0.2, 0.25) is 0 Å². The maximum absolute atomic E-state index is 11.7. The number of hydrogen-bond donors (Lipinski definition) is 1. The summed E-state index contributed by atoms with van der Waals surface area (Å²) in [4.78, 5) is 3.99. The summed E-state index contributed by atoms with van der Waals surface area (Å²) in [6.45, 7) is 0.378. The van der Waals surface area contributed by atoms with Crippen LogP contribution in [0.5, 0.6) is 0 Å². The Morgan fingerprint density at radius 1 is 1.41 bits per heavy atom. The van der Waals surface area contributed by atoms with Crippen molar-refractivity contribution < 1.29 is 23.0 Å². The van der Waals surface area contributed by atoms with Crippen molar-refractivity contribution >= 4 is 0 Å². The third-order valence-corrected chi connectivity index (χ3v) is 2.12. The number of aromatic nitrogens is 1. The highest BCUT2D eigenvalue weighted by molar-refractivity contribution is 5.15. The van der Waals surface area contributed by atoms with Crippen molar-refractivity contribution in [2.45, 2.75) is 25.6 Å². The summed E-state index contributed by atoms with van der Waals surface area (Å²) >= 11 is 0. The average molecular weight is 249 g/mol. The molecule has 1 N–H and O–H groups in total. The number of aliphatic hydroxyl groups is 1. The van der Waals surface area contributed by atoms with Gasteiger partial charge in [0, 0.05) is 24.9 Å². The molecule has 0 amide bonds. The summed E-state index contributed by atoms with van der Waals surface area (Å²) in [5.74, 6) is 0.